The third kappa shape index (κ3) is 4.53. The van der Waals surface area contributed by atoms with Crippen molar-refractivity contribution >= 4 is 11.7 Å². The van der Waals surface area contributed by atoms with Crippen LogP contribution in [-0.4, -0.2) is 24.6 Å². The van der Waals surface area contributed by atoms with Gasteiger partial charge in [-0.25, -0.2) is 4.79 Å². The monoisotopic (exact) mass is 284 g/mol. The summed E-state index contributed by atoms with van der Waals surface area (Å²) in [6, 6.07) is 17.1. The molecule has 2 aromatic rings. The van der Waals surface area contributed by atoms with Crippen LogP contribution in [0.3, 0.4) is 0 Å². The summed E-state index contributed by atoms with van der Waals surface area (Å²) in [5.41, 5.74) is 1.82. The molecule has 21 heavy (non-hydrogen) atoms. The van der Waals surface area contributed by atoms with Crippen LogP contribution in [0.2, 0.25) is 0 Å². The van der Waals surface area contributed by atoms with Crippen molar-refractivity contribution in [3.8, 4) is 5.75 Å². The second-order valence-corrected chi connectivity index (χ2v) is 4.73. The van der Waals surface area contributed by atoms with Gasteiger partial charge < -0.3 is 15.0 Å². The van der Waals surface area contributed by atoms with E-state index in [-0.39, 0.29) is 6.03 Å². The predicted molar refractivity (Wildman–Crippen MR) is 84.5 cm³/mol. The van der Waals surface area contributed by atoms with Crippen LogP contribution in [0.5, 0.6) is 5.75 Å². The highest BCUT2D eigenvalue weighted by molar-refractivity contribution is 5.89. The first kappa shape index (κ1) is 14.9. The van der Waals surface area contributed by atoms with Crippen LogP contribution in [0.1, 0.15) is 12.5 Å². The predicted octanol–water partition coefficient (Wildman–Crippen LogP) is 3.75. The number of nitrogens with one attached hydrogen (secondary N) is 1. The molecule has 2 rings (SSSR count). The smallest absolute Gasteiger partial charge is 0.321 e. The highest BCUT2D eigenvalue weighted by Gasteiger charge is 2.09. The van der Waals surface area contributed by atoms with Gasteiger partial charge in [-0.15, -0.1) is 0 Å². The minimum Gasteiger partial charge on any atom is -0.494 e. The van der Waals surface area contributed by atoms with E-state index >= 15 is 0 Å². The van der Waals surface area contributed by atoms with E-state index in [1.54, 1.807) is 11.9 Å². The first-order valence-corrected chi connectivity index (χ1v) is 6.98. The molecule has 0 saturated carbocycles. The normalized spacial score (nSPS) is 10.0. The van der Waals surface area contributed by atoms with Crippen molar-refractivity contribution < 1.29 is 9.53 Å². The van der Waals surface area contributed by atoms with Gasteiger partial charge in [-0.05, 0) is 24.6 Å². The number of amides is 2. The number of carbonyl (C=O) groups excluding carboxylic acids is 1. The minimum absolute atomic E-state index is 0.146. The standard InChI is InChI=1S/C17H20N2O2/c1-3-21-16-11-7-10-15(12-16)18-17(20)19(2)13-14-8-5-4-6-9-14/h4-12H,3,13H2,1-2H3,(H,18,20). The Hall–Kier alpha value is -2.49. The van der Waals surface area contributed by atoms with Crippen molar-refractivity contribution in [1.29, 1.82) is 0 Å². The highest BCUT2D eigenvalue weighted by atomic mass is 16.5. The Balaban J connectivity index is 1.95. The van der Waals surface area contributed by atoms with E-state index in [1.807, 2.05) is 61.5 Å². The first-order chi connectivity index (χ1) is 10.2. The highest BCUT2D eigenvalue weighted by Crippen LogP contribution is 2.17. The van der Waals surface area contributed by atoms with Crippen LogP contribution in [0.15, 0.2) is 54.6 Å². The molecule has 0 aliphatic carbocycles. The van der Waals surface area contributed by atoms with Crippen molar-refractivity contribution in [3.63, 3.8) is 0 Å². The Morgan fingerprint density at radius 2 is 1.90 bits per heavy atom. The summed E-state index contributed by atoms with van der Waals surface area (Å²) in [7, 11) is 1.77. The first-order valence-electron chi connectivity index (χ1n) is 6.98. The fraction of sp³-hybridized carbons (Fsp3) is 0.235. The van der Waals surface area contributed by atoms with Crippen molar-refractivity contribution in [2.24, 2.45) is 0 Å². The van der Waals surface area contributed by atoms with Crippen molar-refractivity contribution in [2.75, 3.05) is 19.0 Å². The summed E-state index contributed by atoms with van der Waals surface area (Å²) in [6.07, 6.45) is 0. The van der Waals surface area contributed by atoms with Gasteiger partial charge in [0.25, 0.3) is 0 Å². The molecule has 0 aromatic heterocycles. The fourth-order valence-electron chi connectivity index (χ4n) is 1.98. The van der Waals surface area contributed by atoms with Crippen LogP contribution >= 0.6 is 0 Å². The Labute approximate surface area is 125 Å². The zero-order valence-electron chi connectivity index (χ0n) is 12.4. The molecule has 2 aromatic carbocycles. The van der Waals surface area contributed by atoms with Gasteiger partial charge in [-0.3, -0.25) is 0 Å². The van der Waals surface area contributed by atoms with E-state index in [4.69, 9.17) is 4.74 Å². The lowest BCUT2D eigenvalue weighted by Gasteiger charge is -2.18. The number of benzene rings is 2. The lowest BCUT2D eigenvalue weighted by atomic mass is 10.2. The zero-order chi connectivity index (χ0) is 15.1. The summed E-state index contributed by atoms with van der Waals surface area (Å²) in [5.74, 6) is 0.751. The molecular weight excluding hydrogens is 264 g/mol. The lowest BCUT2D eigenvalue weighted by Crippen LogP contribution is -2.30. The summed E-state index contributed by atoms with van der Waals surface area (Å²) in [6.45, 7) is 3.10. The Morgan fingerprint density at radius 1 is 1.14 bits per heavy atom. The number of nitrogens with zero attached hydrogens (tertiary/aromatic N) is 1. The number of ether oxygens (including phenoxy) is 1. The van der Waals surface area contributed by atoms with Gasteiger partial charge >= 0.3 is 6.03 Å². The van der Waals surface area contributed by atoms with E-state index in [1.165, 1.54) is 0 Å². The van der Waals surface area contributed by atoms with Crippen LogP contribution in [0, 0.1) is 0 Å². The van der Waals surface area contributed by atoms with E-state index < -0.39 is 0 Å². The number of carbonyl (C=O) groups is 1. The molecule has 2 amide bonds. The van der Waals surface area contributed by atoms with Crippen molar-refractivity contribution in [2.45, 2.75) is 13.5 Å². The third-order valence-corrected chi connectivity index (χ3v) is 3.01. The molecule has 0 atom stereocenters. The second-order valence-electron chi connectivity index (χ2n) is 4.73. The second kappa shape index (κ2) is 7.33. The molecule has 110 valence electrons. The fourth-order valence-corrected chi connectivity index (χ4v) is 1.98. The Morgan fingerprint density at radius 3 is 2.62 bits per heavy atom. The molecule has 0 aliphatic rings. The van der Waals surface area contributed by atoms with E-state index in [0.29, 0.717) is 13.2 Å². The van der Waals surface area contributed by atoms with Gasteiger partial charge in [0, 0.05) is 25.3 Å². The van der Waals surface area contributed by atoms with Gasteiger partial charge in [-0.1, -0.05) is 36.4 Å². The lowest BCUT2D eigenvalue weighted by molar-refractivity contribution is 0.220. The molecule has 4 heteroatoms. The van der Waals surface area contributed by atoms with E-state index in [0.717, 1.165) is 17.0 Å². The van der Waals surface area contributed by atoms with Crippen LogP contribution < -0.4 is 10.1 Å². The number of hydrogen-bond acceptors (Lipinski definition) is 2. The molecule has 4 nitrogen and oxygen atoms in total. The Bertz CT molecular complexity index is 584. The topological polar surface area (TPSA) is 41.6 Å². The maximum Gasteiger partial charge on any atom is 0.321 e. The number of urea groups is 1. The van der Waals surface area contributed by atoms with E-state index in [9.17, 15) is 4.79 Å². The SMILES string of the molecule is CCOc1cccc(NC(=O)N(C)Cc2ccccc2)c1. The quantitative estimate of drug-likeness (QED) is 0.908. The van der Waals surface area contributed by atoms with Crippen molar-refractivity contribution in [3.05, 3.63) is 60.2 Å². The van der Waals surface area contributed by atoms with Gasteiger partial charge in [0.15, 0.2) is 0 Å². The molecule has 0 spiro atoms. The molecule has 0 heterocycles. The van der Waals surface area contributed by atoms with Crippen LogP contribution in [0.4, 0.5) is 10.5 Å². The summed E-state index contributed by atoms with van der Waals surface area (Å²) >= 11 is 0. The van der Waals surface area contributed by atoms with Gasteiger partial charge in [0.1, 0.15) is 5.75 Å². The average Bonchev–Trinajstić information content (AvgIpc) is 2.49. The average molecular weight is 284 g/mol. The summed E-state index contributed by atoms with van der Waals surface area (Å²) < 4.78 is 5.42. The van der Waals surface area contributed by atoms with Crippen molar-refractivity contribution in [1.82, 2.24) is 4.90 Å². The number of anilines is 1. The van der Waals surface area contributed by atoms with Crippen LogP contribution in [-0.2, 0) is 6.54 Å². The zero-order valence-corrected chi connectivity index (χ0v) is 12.4. The summed E-state index contributed by atoms with van der Waals surface area (Å²) in [5, 5.41) is 2.87. The molecular formula is C17H20N2O2. The van der Waals surface area contributed by atoms with E-state index in [2.05, 4.69) is 5.32 Å². The third-order valence-electron chi connectivity index (χ3n) is 3.01. The maximum absolute atomic E-state index is 12.2. The van der Waals surface area contributed by atoms with Crippen LogP contribution in [0.25, 0.3) is 0 Å². The molecule has 0 aliphatic heterocycles. The molecule has 0 radical (unpaired) electrons. The number of hydrogen-bond donors (Lipinski definition) is 1. The Kier molecular flexibility index (Phi) is 5.21. The van der Waals surface area contributed by atoms with Gasteiger partial charge in [-0.2, -0.15) is 0 Å². The summed E-state index contributed by atoms with van der Waals surface area (Å²) in [4.78, 5) is 13.8. The molecule has 0 fully saturated rings. The molecule has 0 unspecified atom stereocenters. The molecule has 0 bridgehead atoms. The van der Waals surface area contributed by atoms with Gasteiger partial charge in [0.2, 0.25) is 0 Å². The molecule has 1 N–H and O–H groups in total. The molecule has 0 saturated heterocycles. The maximum atomic E-state index is 12.2. The largest absolute Gasteiger partial charge is 0.494 e. The number of rotatable bonds is 5. The van der Waals surface area contributed by atoms with Gasteiger partial charge in [0.05, 0.1) is 6.61 Å². The minimum atomic E-state index is -0.146.